The van der Waals surface area contributed by atoms with Gasteiger partial charge in [-0.15, -0.1) is 10.2 Å². The van der Waals surface area contributed by atoms with Gasteiger partial charge in [0.25, 0.3) is 0 Å². The zero-order valence-electron chi connectivity index (χ0n) is 12.8. The first-order valence-corrected chi connectivity index (χ1v) is 10.3. The van der Waals surface area contributed by atoms with Crippen LogP contribution in [0.4, 0.5) is 0 Å². The van der Waals surface area contributed by atoms with Gasteiger partial charge in [-0.25, -0.2) is 4.79 Å². The van der Waals surface area contributed by atoms with Gasteiger partial charge in [-0.05, 0) is 25.0 Å². The molecule has 3 rings (SSSR count). The van der Waals surface area contributed by atoms with Crippen molar-refractivity contribution in [1.29, 1.82) is 0 Å². The average Bonchev–Trinajstić information content (AvgIpc) is 3.13. The Bertz CT molecular complexity index is 823. The van der Waals surface area contributed by atoms with Gasteiger partial charge in [-0.3, -0.25) is 4.57 Å². The first-order valence-electron chi connectivity index (χ1n) is 7.54. The van der Waals surface area contributed by atoms with E-state index in [2.05, 4.69) is 22.1 Å². The summed E-state index contributed by atoms with van der Waals surface area (Å²) >= 11 is 5.13. The molecule has 23 heavy (non-hydrogen) atoms. The molecule has 0 amide bonds. The monoisotopic (exact) mass is 366 g/mol. The standard InChI is InChI=1S/C15H18N4OS3/c1-2-9-21-14-17-18-15(23-14)22-10-5-8-19-12-7-4-3-6-11(12)16-13(19)20/h3-4,6-7H,2,5,8-10H2,1H3,(H,16,20). The minimum Gasteiger partial charge on any atom is -0.306 e. The predicted octanol–water partition coefficient (Wildman–Crippen LogP) is 3.87. The summed E-state index contributed by atoms with van der Waals surface area (Å²) in [6.07, 6.45) is 2.07. The smallest absolute Gasteiger partial charge is 0.306 e. The van der Waals surface area contributed by atoms with Crippen LogP contribution in [0.1, 0.15) is 19.8 Å². The Balaban J connectivity index is 1.52. The van der Waals surface area contributed by atoms with Crippen molar-refractivity contribution in [3.05, 3.63) is 34.7 Å². The third kappa shape index (κ3) is 4.19. The molecule has 0 aliphatic rings. The number of H-pyrrole nitrogens is 1. The van der Waals surface area contributed by atoms with Gasteiger partial charge in [-0.1, -0.05) is 53.9 Å². The van der Waals surface area contributed by atoms with E-state index < -0.39 is 0 Å². The number of hydrogen-bond acceptors (Lipinski definition) is 6. The molecule has 3 aromatic rings. The highest BCUT2D eigenvalue weighted by Gasteiger charge is 2.07. The molecule has 0 saturated carbocycles. The third-order valence-corrected chi connectivity index (χ3v) is 6.73. The SMILES string of the molecule is CCCSc1nnc(SCCCn2c(=O)[nH]c3ccccc32)s1. The third-order valence-electron chi connectivity index (χ3n) is 3.25. The maximum absolute atomic E-state index is 12.0. The number of aryl methyl sites for hydroxylation is 1. The Kier molecular flexibility index (Phi) is 5.80. The lowest BCUT2D eigenvalue weighted by molar-refractivity contribution is 0.679. The molecule has 2 heterocycles. The molecule has 0 atom stereocenters. The number of thioether (sulfide) groups is 2. The van der Waals surface area contributed by atoms with Gasteiger partial charge < -0.3 is 4.98 Å². The van der Waals surface area contributed by atoms with Crippen LogP contribution in [0, 0.1) is 0 Å². The van der Waals surface area contributed by atoms with Gasteiger partial charge in [-0.2, -0.15) is 0 Å². The summed E-state index contributed by atoms with van der Waals surface area (Å²) < 4.78 is 3.86. The Hall–Kier alpha value is -1.25. The second kappa shape index (κ2) is 8.03. The number of benzene rings is 1. The number of nitrogens with zero attached hydrogens (tertiary/aromatic N) is 3. The molecule has 0 aliphatic heterocycles. The number of para-hydroxylation sites is 2. The molecule has 0 unspecified atom stereocenters. The first-order chi connectivity index (χ1) is 11.3. The molecular weight excluding hydrogens is 348 g/mol. The zero-order chi connectivity index (χ0) is 16.1. The van der Waals surface area contributed by atoms with Crippen molar-refractivity contribution < 1.29 is 0 Å². The number of fused-ring (bicyclic) bond motifs is 1. The molecule has 0 aliphatic carbocycles. The summed E-state index contributed by atoms with van der Waals surface area (Å²) in [6, 6.07) is 7.79. The normalized spacial score (nSPS) is 11.3. The van der Waals surface area contributed by atoms with Crippen molar-refractivity contribution in [2.24, 2.45) is 0 Å². The lowest BCUT2D eigenvalue weighted by Gasteiger charge is -2.02. The van der Waals surface area contributed by atoms with Crippen LogP contribution in [0.2, 0.25) is 0 Å². The summed E-state index contributed by atoms with van der Waals surface area (Å²) in [4.78, 5) is 14.9. The highest BCUT2D eigenvalue weighted by molar-refractivity contribution is 8.03. The van der Waals surface area contributed by atoms with Crippen LogP contribution in [0.3, 0.4) is 0 Å². The number of nitrogens with one attached hydrogen (secondary N) is 1. The van der Waals surface area contributed by atoms with Crippen molar-refractivity contribution >= 4 is 45.9 Å². The molecule has 8 heteroatoms. The van der Waals surface area contributed by atoms with E-state index in [1.165, 1.54) is 0 Å². The summed E-state index contributed by atoms with van der Waals surface area (Å²) in [5.74, 6) is 2.02. The molecule has 122 valence electrons. The zero-order valence-corrected chi connectivity index (χ0v) is 15.3. The fraction of sp³-hybridized carbons (Fsp3) is 0.400. The Morgan fingerprint density at radius 3 is 2.70 bits per heavy atom. The summed E-state index contributed by atoms with van der Waals surface area (Å²) in [7, 11) is 0. The Morgan fingerprint density at radius 2 is 1.91 bits per heavy atom. The molecule has 0 radical (unpaired) electrons. The van der Waals surface area contributed by atoms with Crippen LogP contribution in [0.25, 0.3) is 11.0 Å². The van der Waals surface area contributed by atoms with E-state index in [9.17, 15) is 4.79 Å². The van der Waals surface area contributed by atoms with Crippen molar-refractivity contribution in [2.45, 2.75) is 35.0 Å². The first kappa shape index (κ1) is 16.6. The molecule has 0 saturated heterocycles. The maximum atomic E-state index is 12.0. The second-order valence-corrected chi connectivity index (χ2v) is 8.64. The van der Waals surface area contributed by atoms with Gasteiger partial charge in [0.05, 0.1) is 11.0 Å². The van der Waals surface area contributed by atoms with Gasteiger partial charge in [0.15, 0.2) is 8.68 Å². The molecule has 2 aromatic heterocycles. The Morgan fingerprint density at radius 1 is 1.17 bits per heavy atom. The summed E-state index contributed by atoms with van der Waals surface area (Å²) in [5, 5.41) is 8.39. The minimum absolute atomic E-state index is 0.0367. The fourth-order valence-electron chi connectivity index (χ4n) is 2.21. The topological polar surface area (TPSA) is 63.6 Å². The van der Waals surface area contributed by atoms with E-state index in [4.69, 9.17) is 0 Å². The summed E-state index contributed by atoms with van der Waals surface area (Å²) in [6.45, 7) is 2.88. The summed E-state index contributed by atoms with van der Waals surface area (Å²) in [5.41, 5.74) is 1.83. The van der Waals surface area contributed by atoms with Crippen molar-refractivity contribution in [1.82, 2.24) is 19.7 Å². The van der Waals surface area contributed by atoms with Crippen LogP contribution in [-0.4, -0.2) is 31.3 Å². The minimum atomic E-state index is -0.0367. The van der Waals surface area contributed by atoms with Crippen molar-refractivity contribution in [3.63, 3.8) is 0 Å². The molecule has 0 bridgehead atoms. The van der Waals surface area contributed by atoms with E-state index in [-0.39, 0.29) is 5.69 Å². The number of aromatic nitrogens is 4. The van der Waals surface area contributed by atoms with E-state index in [0.717, 1.165) is 44.1 Å². The largest absolute Gasteiger partial charge is 0.326 e. The number of hydrogen-bond donors (Lipinski definition) is 1. The molecule has 0 spiro atoms. The molecular formula is C15H18N4OS3. The molecule has 1 N–H and O–H groups in total. The predicted molar refractivity (Wildman–Crippen MR) is 98.8 cm³/mol. The van der Waals surface area contributed by atoms with Gasteiger partial charge in [0.2, 0.25) is 0 Å². The van der Waals surface area contributed by atoms with Crippen LogP contribution in [-0.2, 0) is 6.54 Å². The van der Waals surface area contributed by atoms with E-state index in [1.807, 2.05) is 24.3 Å². The molecule has 1 aromatic carbocycles. The van der Waals surface area contributed by atoms with Gasteiger partial charge >= 0.3 is 5.69 Å². The lowest BCUT2D eigenvalue weighted by Crippen LogP contribution is -2.17. The van der Waals surface area contributed by atoms with E-state index in [0.29, 0.717) is 6.54 Å². The number of imidazole rings is 1. The highest BCUT2D eigenvalue weighted by Crippen LogP contribution is 2.29. The van der Waals surface area contributed by atoms with Crippen molar-refractivity contribution in [3.8, 4) is 0 Å². The quantitative estimate of drug-likeness (QED) is 0.484. The average molecular weight is 367 g/mol. The van der Waals surface area contributed by atoms with E-state index >= 15 is 0 Å². The number of rotatable bonds is 8. The lowest BCUT2D eigenvalue weighted by atomic mass is 10.3. The van der Waals surface area contributed by atoms with Crippen molar-refractivity contribution in [2.75, 3.05) is 11.5 Å². The van der Waals surface area contributed by atoms with E-state index in [1.54, 1.807) is 39.4 Å². The maximum Gasteiger partial charge on any atom is 0.326 e. The van der Waals surface area contributed by atoms with Crippen LogP contribution >= 0.6 is 34.9 Å². The van der Waals surface area contributed by atoms with Crippen LogP contribution < -0.4 is 5.69 Å². The Labute approximate surface area is 146 Å². The molecule has 5 nitrogen and oxygen atoms in total. The van der Waals surface area contributed by atoms with Gasteiger partial charge in [0.1, 0.15) is 0 Å². The second-order valence-electron chi connectivity index (χ2n) is 4.98. The highest BCUT2D eigenvalue weighted by atomic mass is 32.2. The number of aromatic amines is 1. The van der Waals surface area contributed by atoms with Crippen LogP contribution in [0.15, 0.2) is 37.7 Å². The fourth-order valence-corrected chi connectivity index (χ4v) is 5.15. The van der Waals surface area contributed by atoms with Crippen LogP contribution in [0.5, 0.6) is 0 Å². The van der Waals surface area contributed by atoms with Gasteiger partial charge in [0, 0.05) is 18.1 Å². The molecule has 0 fully saturated rings.